The first-order valence-corrected chi connectivity index (χ1v) is 4.68. The van der Waals surface area contributed by atoms with Crippen molar-refractivity contribution in [2.45, 2.75) is 19.5 Å². The molecule has 86 valence electrons. The SMILES string of the molecule is CC(NCc1ccncn1)C(=O)NC(N)=O. The van der Waals surface area contributed by atoms with Crippen molar-refractivity contribution < 1.29 is 9.59 Å². The highest BCUT2D eigenvalue weighted by molar-refractivity contribution is 5.96. The Morgan fingerprint density at radius 2 is 2.31 bits per heavy atom. The van der Waals surface area contributed by atoms with Gasteiger partial charge in [0.2, 0.25) is 5.91 Å². The van der Waals surface area contributed by atoms with Crippen molar-refractivity contribution in [3.63, 3.8) is 0 Å². The van der Waals surface area contributed by atoms with E-state index in [1.165, 1.54) is 6.33 Å². The second kappa shape index (κ2) is 5.76. The average molecular weight is 223 g/mol. The number of nitrogens with two attached hydrogens (primary N) is 1. The fourth-order valence-electron chi connectivity index (χ4n) is 1.00. The Hall–Kier alpha value is -2.02. The number of amides is 3. The number of carbonyl (C=O) groups excluding carboxylic acids is 2. The van der Waals surface area contributed by atoms with E-state index in [-0.39, 0.29) is 0 Å². The Labute approximate surface area is 92.5 Å². The lowest BCUT2D eigenvalue weighted by atomic mass is 10.3. The van der Waals surface area contributed by atoms with E-state index in [0.29, 0.717) is 6.54 Å². The molecule has 0 saturated carbocycles. The lowest BCUT2D eigenvalue weighted by molar-refractivity contribution is -0.121. The molecule has 0 aromatic carbocycles. The first-order valence-electron chi connectivity index (χ1n) is 4.68. The van der Waals surface area contributed by atoms with Gasteiger partial charge in [-0.05, 0) is 13.0 Å². The van der Waals surface area contributed by atoms with Crippen LogP contribution < -0.4 is 16.4 Å². The van der Waals surface area contributed by atoms with Crippen LogP contribution in [0, 0.1) is 0 Å². The molecule has 3 amide bonds. The van der Waals surface area contributed by atoms with E-state index in [1.54, 1.807) is 19.2 Å². The highest BCUT2D eigenvalue weighted by atomic mass is 16.2. The van der Waals surface area contributed by atoms with Crippen LogP contribution in [0.4, 0.5) is 4.79 Å². The number of carbonyl (C=O) groups is 2. The van der Waals surface area contributed by atoms with Crippen LogP contribution in [0.5, 0.6) is 0 Å². The fourth-order valence-corrected chi connectivity index (χ4v) is 1.00. The molecule has 16 heavy (non-hydrogen) atoms. The maximum absolute atomic E-state index is 11.3. The maximum Gasteiger partial charge on any atom is 0.318 e. The van der Waals surface area contributed by atoms with Crippen molar-refractivity contribution in [2.75, 3.05) is 0 Å². The Bertz CT molecular complexity index is 367. The van der Waals surface area contributed by atoms with Gasteiger partial charge in [-0.15, -0.1) is 0 Å². The van der Waals surface area contributed by atoms with E-state index in [1.807, 2.05) is 5.32 Å². The number of imide groups is 1. The highest BCUT2D eigenvalue weighted by Gasteiger charge is 2.13. The minimum absolute atomic E-state index is 0.413. The normalized spacial score (nSPS) is 11.8. The molecular weight excluding hydrogens is 210 g/mol. The molecule has 1 aromatic heterocycles. The van der Waals surface area contributed by atoms with Crippen LogP contribution >= 0.6 is 0 Å². The fraction of sp³-hybridized carbons (Fsp3) is 0.333. The quantitative estimate of drug-likeness (QED) is 0.615. The Balaban J connectivity index is 2.38. The van der Waals surface area contributed by atoms with E-state index < -0.39 is 18.0 Å². The summed E-state index contributed by atoms with van der Waals surface area (Å²) in [5, 5.41) is 4.88. The molecule has 0 bridgehead atoms. The lowest BCUT2D eigenvalue weighted by Gasteiger charge is -2.11. The smallest absolute Gasteiger partial charge is 0.318 e. The van der Waals surface area contributed by atoms with E-state index in [4.69, 9.17) is 5.73 Å². The molecule has 4 N–H and O–H groups in total. The zero-order chi connectivity index (χ0) is 12.0. The highest BCUT2D eigenvalue weighted by Crippen LogP contribution is 1.91. The zero-order valence-corrected chi connectivity index (χ0v) is 8.80. The second-order valence-corrected chi connectivity index (χ2v) is 3.16. The zero-order valence-electron chi connectivity index (χ0n) is 8.80. The average Bonchev–Trinajstić information content (AvgIpc) is 2.26. The Kier molecular flexibility index (Phi) is 4.34. The van der Waals surface area contributed by atoms with Gasteiger partial charge in [-0.1, -0.05) is 0 Å². The Morgan fingerprint density at radius 3 is 2.88 bits per heavy atom. The minimum Gasteiger partial charge on any atom is -0.351 e. The summed E-state index contributed by atoms with van der Waals surface area (Å²) in [5.74, 6) is -0.471. The first kappa shape index (κ1) is 12.1. The summed E-state index contributed by atoms with van der Waals surface area (Å²) >= 11 is 0. The van der Waals surface area contributed by atoms with Crippen molar-refractivity contribution in [3.8, 4) is 0 Å². The van der Waals surface area contributed by atoms with Gasteiger partial charge in [0.15, 0.2) is 0 Å². The molecule has 7 heteroatoms. The second-order valence-electron chi connectivity index (χ2n) is 3.16. The number of nitrogens with one attached hydrogen (secondary N) is 2. The number of urea groups is 1. The molecule has 0 aliphatic carbocycles. The van der Waals surface area contributed by atoms with Crippen LogP contribution in [0.3, 0.4) is 0 Å². The lowest BCUT2D eigenvalue weighted by Crippen LogP contribution is -2.46. The number of hydrogen-bond donors (Lipinski definition) is 3. The third-order valence-corrected chi connectivity index (χ3v) is 1.87. The predicted octanol–water partition coefficient (Wildman–Crippen LogP) is -0.850. The molecule has 7 nitrogen and oxygen atoms in total. The van der Waals surface area contributed by atoms with E-state index in [2.05, 4.69) is 15.3 Å². The van der Waals surface area contributed by atoms with Gasteiger partial charge < -0.3 is 11.1 Å². The molecule has 0 aliphatic rings. The van der Waals surface area contributed by atoms with E-state index >= 15 is 0 Å². The molecule has 0 aliphatic heterocycles. The van der Waals surface area contributed by atoms with Crippen molar-refractivity contribution in [3.05, 3.63) is 24.3 Å². The van der Waals surface area contributed by atoms with Gasteiger partial charge in [0.05, 0.1) is 11.7 Å². The number of hydrogen-bond acceptors (Lipinski definition) is 5. The van der Waals surface area contributed by atoms with Gasteiger partial charge in [0.1, 0.15) is 6.33 Å². The van der Waals surface area contributed by atoms with Gasteiger partial charge in [0.25, 0.3) is 0 Å². The van der Waals surface area contributed by atoms with Gasteiger partial charge >= 0.3 is 6.03 Å². The molecular formula is C9H13N5O2. The molecule has 1 rings (SSSR count). The summed E-state index contributed by atoms with van der Waals surface area (Å²) in [6.45, 7) is 2.04. The summed E-state index contributed by atoms with van der Waals surface area (Å²) in [7, 11) is 0. The standard InChI is InChI=1S/C9H13N5O2/c1-6(8(15)14-9(10)16)12-4-7-2-3-11-5-13-7/h2-3,5-6,12H,4H2,1H3,(H3,10,14,15,16). The van der Waals surface area contributed by atoms with Crippen LogP contribution in [0.25, 0.3) is 0 Å². The maximum atomic E-state index is 11.3. The number of nitrogens with zero attached hydrogens (tertiary/aromatic N) is 2. The molecule has 1 aromatic rings. The van der Waals surface area contributed by atoms with Gasteiger partial charge in [-0.25, -0.2) is 14.8 Å². The van der Waals surface area contributed by atoms with Crippen LogP contribution in [0.1, 0.15) is 12.6 Å². The van der Waals surface area contributed by atoms with Crippen LogP contribution in [-0.4, -0.2) is 27.9 Å². The summed E-state index contributed by atoms with van der Waals surface area (Å²) in [5.41, 5.74) is 5.58. The number of rotatable bonds is 4. The molecule has 0 fully saturated rings. The van der Waals surface area contributed by atoms with Gasteiger partial charge in [-0.3, -0.25) is 10.1 Å². The molecule has 1 atom stereocenters. The van der Waals surface area contributed by atoms with E-state index in [9.17, 15) is 9.59 Å². The van der Waals surface area contributed by atoms with Crippen molar-refractivity contribution in [1.29, 1.82) is 0 Å². The monoisotopic (exact) mass is 223 g/mol. The van der Waals surface area contributed by atoms with Crippen LogP contribution in [0.2, 0.25) is 0 Å². The number of primary amides is 1. The molecule has 1 unspecified atom stereocenters. The topological polar surface area (TPSA) is 110 Å². The van der Waals surface area contributed by atoms with Crippen molar-refractivity contribution in [2.24, 2.45) is 5.73 Å². The summed E-state index contributed by atoms with van der Waals surface area (Å²) in [6.07, 6.45) is 3.03. The molecule has 0 saturated heterocycles. The van der Waals surface area contributed by atoms with Gasteiger partial charge in [0, 0.05) is 12.7 Å². The largest absolute Gasteiger partial charge is 0.351 e. The molecule has 0 spiro atoms. The van der Waals surface area contributed by atoms with Crippen LogP contribution in [0.15, 0.2) is 18.6 Å². The van der Waals surface area contributed by atoms with E-state index in [0.717, 1.165) is 5.69 Å². The third-order valence-electron chi connectivity index (χ3n) is 1.87. The first-order chi connectivity index (χ1) is 7.59. The Morgan fingerprint density at radius 1 is 1.56 bits per heavy atom. The number of aromatic nitrogens is 2. The predicted molar refractivity (Wildman–Crippen MR) is 56.1 cm³/mol. The van der Waals surface area contributed by atoms with Crippen molar-refractivity contribution >= 4 is 11.9 Å². The van der Waals surface area contributed by atoms with Crippen LogP contribution in [-0.2, 0) is 11.3 Å². The summed E-state index contributed by atoms with van der Waals surface area (Å²) in [6, 6.07) is 0.342. The minimum atomic E-state index is -0.860. The summed E-state index contributed by atoms with van der Waals surface area (Å²) in [4.78, 5) is 29.4. The van der Waals surface area contributed by atoms with Crippen molar-refractivity contribution in [1.82, 2.24) is 20.6 Å². The summed E-state index contributed by atoms with van der Waals surface area (Å²) < 4.78 is 0. The molecule has 1 heterocycles. The van der Waals surface area contributed by atoms with Gasteiger partial charge in [-0.2, -0.15) is 0 Å². The third kappa shape index (κ3) is 4.01. The molecule has 0 radical (unpaired) electrons.